The molecule has 0 spiro atoms. The summed E-state index contributed by atoms with van der Waals surface area (Å²) >= 11 is 0. The van der Waals surface area contributed by atoms with Gasteiger partial charge in [-0.05, 0) is 74.1 Å². The van der Waals surface area contributed by atoms with Crippen molar-refractivity contribution in [1.29, 1.82) is 10.5 Å². The molecular weight excluding hydrogens is 494 g/mol. The van der Waals surface area contributed by atoms with Gasteiger partial charge in [0.2, 0.25) is 11.4 Å². The van der Waals surface area contributed by atoms with Gasteiger partial charge in [-0.1, -0.05) is 30.2 Å². The normalized spacial score (nSPS) is 31.8. The molecule has 1 saturated carbocycles. The first kappa shape index (κ1) is 26.9. The topological polar surface area (TPSA) is 85.3 Å². The zero-order valence-corrected chi connectivity index (χ0v) is 22.4. The standard InChI is InChI=1S/C18H16N4.C15H13N3/c1-4-13(2)22-16-5-6-17(22)9-18(8-16,12-19)14-7-15(20-3)11-21-10-14;1-17-14-5-13(8-18-9-14)15(10-16)6-11-2-3-12(4-11)7-15/h1,5-7,10-11,13,16-17H,8-9H2,2H3;2-3,5,8-9,11-12H,4,6-7H2/t13?,16-,17+,18?;11-,12+,15?. The van der Waals surface area contributed by atoms with Gasteiger partial charge in [0, 0.05) is 36.9 Å². The molecule has 1 saturated heterocycles. The molecule has 0 N–H and O–H groups in total. The van der Waals surface area contributed by atoms with E-state index in [0.717, 1.165) is 24.0 Å². The molecule has 2 fully saturated rings. The molecule has 4 heterocycles. The lowest BCUT2D eigenvalue weighted by atomic mass is 9.66. The van der Waals surface area contributed by atoms with E-state index in [1.165, 1.54) is 12.6 Å². The van der Waals surface area contributed by atoms with Crippen molar-refractivity contribution in [2.45, 2.75) is 68.0 Å². The van der Waals surface area contributed by atoms with E-state index in [4.69, 9.17) is 19.6 Å². The maximum Gasteiger partial charge on any atom is 0.205 e. The number of allylic oxidation sites excluding steroid dienone is 2. The van der Waals surface area contributed by atoms with Crippen molar-refractivity contribution in [2.75, 3.05) is 0 Å². The average Bonchev–Trinajstić information content (AvgIpc) is 3.50. The molecular formula is C33H29N7. The Hall–Kier alpha value is -4.74. The van der Waals surface area contributed by atoms with Crippen LogP contribution in [0.2, 0.25) is 0 Å². The summed E-state index contributed by atoms with van der Waals surface area (Å²) in [6.07, 6.45) is 25.2. The fraction of sp³-hybridized carbons (Fsp3) is 0.394. The Morgan fingerprint density at radius 1 is 0.850 bits per heavy atom. The lowest BCUT2D eigenvalue weighted by Crippen LogP contribution is -2.52. The minimum Gasteiger partial charge on any atom is -0.277 e. The van der Waals surface area contributed by atoms with E-state index in [9.17, 15) is 10.5 Å². The maximum atomic E-state index is 9.86. The lowest BCUT2D eigenvalue weighted by molar-refractivity contribution is 0.102. The highest BCUT2D eigenvalue weighted by molar-refractivity contribution is 5.49. The van der Waals surface area contributed by atoms with Crippen molar-refractivity contribution in [3.8, 4) is 24.5 Å². The van der Waals surface area contributed by atoms with Crippen LogP contribution in [0.4, 0.5) is 11.4 Å². The molecule has 4 aliphatic rings. The number of aromatic nitrogens is 2. The van der Waals surface area contributed by atoms with Crippen LogP contribution >= 0.6 is 0 Å². The Labute approximate surface area is 236 Å². The van der Waals surface area contributed by atoms with Gasteiger partial charge in [0.15, 0.2) is 0 Å². The van der Waals surface area contributed by atoms with Gasteiger partial charge in [-0.25, -0.2) is 9.69 Å². The smallest absolute Gasteiger partial charge is 0.205 e. The zero-order chi connectivity index (χ0) is 28.3. The van der Waals surface area contributed by atoms with Crippen molar-refractivity contribution in [2.24, 2.45) is 11.8 Å². The minimum absolute atomic E-state index is 0.0504. The molecule has 4 bridgehead atoms. The number of hydrogen-bond donors (Lipinski definition) is 0. The van der Waals surface area contributed by atoms with Crippen LogP contribution in [0.15, 0.2) is 61.2 Å². The molecule has 6 rings (SSSR count). The number of hydrogen-bond acceptors (Lipinski definition) is 5. The highest BCUT2D eigenvalue weighted by Crippen LogP contribution is 2.49. The van der Waals surface area contributed by atoms with E-state index in [2.05, 4.69) is 66.9 Å². The van der Waals surface area contributed by atoms with Crippen LogP contribution in [0.5, 0.6) is 0 Å². The summed E-state index contributed by atoms with van der Waals surface area (Å²) in [4.78, 5) is 17.4. The first-order chi connectivity index (χ1) is 19.4. The lowest BCUT2D eigenvalue weighted by Gasteiger charge is -2.45. The monoisotopic (exact) mass is 523 g/mol. The van der Waals surface area contributed by atoms with E-state index in [0.29, 0.717) is 36.1 Å². The van der Waals surface area contributed by atoms with Crippen molar-refractivity contribution in [3.63, 3.8) is 0 Å². The molecule has 2 aromatic heterocycles. The highest BCUT2D eigenvalue weighted by Gasteiger charge is 2.48. The molecule has 7 nitrogen and oxygen atoms in total. The molecule has 0 aromatic carbocycles. The summed E-state index contributed by atoms with van der Waals surface area (Å²) in [5.41, 5.74) is 1.70. The van der Waals surface area contributed by atoms with Crippen molar-refractivity contribution in [3.05, 3.63) is 95.2 Å². The predicted molar refractivity (Wildman–Crippen MR) is 152 cm³/mol. The molecule has 0 amide bonds. The number of rotatable bonds is 3. The predicted octanol–water partition coefficient (Wildman–Crippen LogP) is 6.20. The number of terminal acetylenes is 1. The molecule has 2 aliphatic carbocycles. The van der Waals surface area contributed by atoms with E-state index < -0.39 is 10.8 Å². The van der Waals surface area contributed by atoms with Gasteiger partial charge in [-0.15, -0.1) is 6.42 Å². The van der Waals surface area contributed by atoms with Crippen LogP contribution in [0.3, 0.4) is 0 Å². The maximum absolute atomic E-state index is 9.86. The van der Waals surface area contributed by atoms with E-state index in [1.807, 2.05) is 13.0 Å². The van der Waals surface area contributed by atoms with Crippen LogP contribution in [0, 0.1) is 60.0 Å². The Morgan fingerprint density at radius 3 is 1.75 bits per heavy atom. The summed E-state index contributed by atoms with van der Waals surface area (Å²) in [5, 5.41) is 19.5. The molecule has 2 aromatic rings. The second-order valence-corrected chi connectivity index (χ2v) is 11.2. The fourth-order valence-electron chi connectivity index (χ4n) is 6.93. The van der Waals surface area contributed by atoms with Gasteiger partial charge in [-0.3, -0.25) is 14.9 Å². The Morgan fingerprint density at radius 2 is 1.32 bits per heavy atom. The zero-order valence-electron chi connectivity index (χ0n) is 22.4. The van der Waals surface area contributed by atoms with Gasteiger partial charge < -0.3 is 0 Å². The van der Waals surface area contributed by atoms with Gasteiger partial charge in [0.25, 0.3) is 0 Å². The Bertz CT molecular complexity index is 1540. The molecule has 40 heavy (non-hydrogen) atoms. The number of fused-ring (bicyclic) bond motifs is 4. The van der Waals surface area contributed by atoms with Crippen LogP contribution < -0.4 is 0 Å². The second-order valence-electron chi connectivity index (χ2n) is 11.2. The minimum atomic E-state index is -0.600. The van der Waals surface area contributed by atoms with Crippen molar-refractivity contribution >= 4 is 11.4 Å². The molecule has 2 aliphatic heterocycles. The summed E-state index contributed by atoms with van der Waals surface area (Å²) in [6.45, 7) is 16.2. The number of piperidine rings is 1. The fourth-order valence-corrected chi connectivity index (χ4v) is 6.93. The molecule has 196 valence electrons. The largest absolute Gasteiger partial charge is 0.277 e. The molecule has 7 heteroatoms. The summed E-state index contributed by atoms with van der Waals surface area (Å²) in [6, 6.07) is 9.01. The first-order valence-corrected chi connectivity index (χ1v) is 13.5. The second kappa shape index (κ2) is 10.8. The highest BCUT2D eigenvalue weighted by atomic mass is 15.2. The van der Waals surface area contributed by atoms with Crippen molar-refractivity contribution in [1.82, 2.24) is 14.9 Å². The Kier molecular flexibility index (Phi) is 7.24. The van der Waals surface area contributed by atoms with Gasteiger partial charge in [0.1, 0.15) is 0 Å². The molecule has 7 atom stereocenters. The quantitative estimate of drug-likeness (QED) is 0.272. The Balaban J connectivity index is 0.000000164. The van der Waals surface area contributed by atoms with Gasteiger partial charge in [-0.2, -0.15) is 10.5 Å². The average molecular weight is 524 g/mol. The third kappa shape index (κ3) is 4.76. The number of nitrogens with zero attached hydrogens (tertiary/aromatic N) is 7. The summed E-state index contributed by atoms with van der Waals surface area (Å²) in [7, 11) is 0. The number of nitriles is 2. The third-order valence-electron chi connectivity index (χ3n) is 8.85. The van der Waals surface area contributed by atoms with Gasteiger partial charge in [0.05, 0.1) is 42.2 Å². The van der Waals surface area contributed by atoms with Crippen LogP contribution in [-0.4, -0.2) is 33.0 Å². The third-order valence-corrected chi connectivity index (χ3v) is 8.85. The van der Waals surface area contributed by atoms with E-state index >= 15 is 0 Å². The van der Waals surface area contributed by atoms with Crippen LogP contribution in [0.1, 0.15) is 50.2 Å². The van der Waals surface area contributed by atoms with Gasteiger partial charge >= 0.3 is 0 Å². The SMILES string of the molecule is [C-]#[N+]c1cncc(C2(C#N)C[C@@H]3C=C[C@@H](C3)C2)c1.[C-]#[N+]c1cncc(C2(C#N)C[C@H]3C=C[C@@H](C2)N3C(C)C#C)c1. The van der Waals surface area contributed by atoms with E-state index in [-0.39, 0.29) is 18.1 Å². The summed E-state index contributed by atoms with van der Waals surface area (Å²) in [5.74, 6) is 3.82. The van der Waals surface area contributed by atoms with Crippen LogP contribution in [-0.2, 0) is 10.8 Å². The van der Waals surface area contributed by atoms with E-state index in [1.54, 1.807) is 24.7 Å². The van der Waals surface area contributed by atoms with Crippen LogP contribution in [0.25, 0.3) is 9.69 Å². The molecule has 3 unspecified atom stereocenters. The van der Waals surface area contributed by atoms with Crippen molar-refractivity contribution < 1.29 is 0 Å². The first-order valence-electron chi connectivity index (χ1n) is 13.5. The number of pyridine rings is 2. The molecule has 0 radical (unpaired) electrons. The summed E-state index contributed by atoms with van der Waals surface area (Å²) < 4.78 is 0.